The average Bonchev–Trinajstić information content (AvgIpc) is 2.75. The Balaban J connectivity index is 0. The van der Waals surface area contributed by atoms with E-state index in [4.69, 9.17) is 0 Å². The van der Waals surface area contributed by atoms with Crippen molar-refractivity contribution in [3.63, 3.8) is 0 Å². The van der Waals surface area contributed by atoms with Gasteiger partial charge in [0.1, 0.15) is 0 Å². The Bertz CT molecular complexity index is 795. The second-order valence-electron chi connectivity index (χ2n) is 7.45. The van der Waals surface area contributed by atoms with Crippen molar-refractivity contribution in [3.8, 4) is 0 Å². The highest BCUT2D eigenvalue weighted by molar-refractivity contribution is 5.94. The third kappa shape index (κ3) is 15.1. The van der Waals surface area contributed by atoms with Gasteiger partial charge in [-0.2, -0.15) is 0 Å². The van der Waals surface area contributed by atoms with E-state index in [1.165, 1.54) is 24.0 Å². The summed E-state index contributed by atoms with van der Waals surface area (Å²) in [4.78, 5) is 19.1. The summed E-state index contributed by atoms with van der Waals surface area (Å²) in [6, 6.07) is 6.35. The molecule has 0 aliphatic heterocycles. The highest BCUT2D eigenvalue weighted by Crippen LogP contribution is 2.06. The van der Waals surface area contributed by atoms with Crippen LogP contribution in [0.4, 0.5) is 0 Å². The van der Waals surface area contributed by atoms with Gasteiger partial charge in [0, 0.05) is 41.1 Å². The van der Waals surface area contributed by atoms with Gasteiger partial charge in [0.15, 0.2) is 5.78 Å². The third-order valence-corrected chi connectivity index (χ3v) is 4.38. The topological polar surface area (TPSA) is 54.9 Å². The largest absolute Gasteiger partial charge is 0.383 e. The highest BCUT2D eigenvalue weighted by atomic mass is 16.1. The van der Waals surface area contributed by atoms with Gasteiger partial charge in [-0.3, -0.25) is 14.8 Å². The van der Waals surface area contributed by atoms with E-state index >= 15 is 0 Å². The van der Waals surface area contributed by atoms with Crippen LogP contribution in [0.2, 0.25) is 0 Å². The van der Waals surface area contributed by atoms with Crippen molar-refractivity contribution in [1.82, 2.24) is 15.3 Å². The van der Waals surface area contributed by atoms with Gasteiger partial charge in [-0.15, -0.1) is 0 Å². The van der Waals surface area contributed by atoms with Crippen LogP contribution in [0.1, 0.15) is 86.8 Å². The van der Waals surface area contributed by atoms with Gasteiger partial charge in [-0.05, 0) is 76.8 Å². The van der Waals surface area contributed by atoms with Crippen LogP contribution in [0, 0.1) is 27.7 Å². The van der Waals surface area contributed by atoms with Crippen molar-refractivity contribution in [2.45, 2.75) is 87.6 Å². The van der Waals surface area contributed by atoms with E-state index in [0.717, 1.165) is 29.1 Å². The number of carbonyl (C=O) groups excluding carboxylic acids is 1. The fraction of sp³-hybridized carbons (Fsp3) is 0.464. The van der Waals surface area contributed by atoms with Crippen molar-refractivity contribution in [1.29, 1.82) is 0 Å². The molecule has 1 N–H and O–H groups in total. The first kappa shape index (κ1) is 31.4. The number of pyridine rings is 2. The predicted octanol–water partition coefficient (Wildman–Crippen LogP) is 7.48. The molecule has 0 aromatic carbocycles. The number of aromatic nitrogens is 2. The molecule has 0 aliphatic rings. The number of nitrogens with zero attached hydrogens (tertiary/aromatic N) is 2. The lowest BCUT2D eigenvalue weighted by Gasteiger charge is -2.16. The van der Waals surface area contributed by atoms with Gasteiger partial charge >= 0.3 is 0 Å². The van der Waals surface area contributed by atoms with E-state index in [0.29, 0.717) is 6.04 Å². The molecule has 32 heavy (non-hydrogen) atoms. The zero-order chi connectivity index (χ0) is 25.1. The minimum absolute atomic E-state index is 0.0787. The summed E-state index contributed by atoms with van der Waals surface area (Å²) in [7, 11) is 0. The SMILES string of the molecule is C=CC(=C)NC(CC)CCC.CC.CC(=O)c1ccc(C)nc1C.Cc1cncc(C)c1. The molecule has 4 nitrogen and oxygen atoms in total. The summed E-state index contributed by atoms with van der Waals surface area (Å²) >= 11 is 0. The van der Waals surface area contributed by atoms with E-state index in [2.05, 4.69) is 48.4 Å². The smallest absolute Gasteiger partial charge is 0.161 e. The first-order chi connectivity index (χ1) is 15.1. The lowest BCUT2D eigenvalue weighted by molar-refractivity contribution is 0.101. The number of nitrogens with one attached hydrogen (secondary N) is 1. The summed E-state index contributed by atoms with van der Waals surface area (Å²) in [6.45, 7) is 25.2. The Morgan fingerprint density at radius 3 is 2.00 bits per heavy atom. The maximum atomic E-state index is 10.9. The Morgan fingerprint density at radius 1 is 1.09 bits per heavy atom. The summed E-state index contributed by atoms with van der Waals surface area (Å²) in [5, 5.41) is 3.30. The molecule has 2 rings (SSSR count). The maximum absolute atomic E-state index is 10.9. The third-order valence-electron chi connectivity index (χ3n) is 4.38. The van der Waals surface area contributed by atoms with Crippen LogP contribution in [-0.2, 0) is 0 Å². The molecule has 0 saturated carbocycles. The van der Waals surface area contributed by atoms with E-state index in [-0.39, 0.29) is 5.78 Å². The quantitative estimate of drug-likeness (QED) is 0.359. The van der Waals surface area contributed by atoms with Crippen molar-refractivity contribution in [2.75, 3.05) is 0 Å². The fourth-order valence-corrected chi connectivity index (χ4v) is 2.81. The first-order valence-electron chi connectivity index (χ1n) is 11.6. The number of hydrogen-bond donors (Lipinski definition) is 1. The number of allylic oxidation sites excluding steroid dienone is 1. The maximum Gasteiger partial charge on any atom is 0.161 e. The van der Waals surface area contributed by atoms with Crippen LogP contribution in [0.5, 0.6) is 0 Å². The first-order valence-corrected chi connectivity index (χ1v) is 11.6. The number of carbonyl (C=O) groups is 1. The summed E-state index contributed by atoms with van der Waals surface area (Å²) in [5.74, 6) is 0.0787. The minimum Gasteiger partial charge on any atom is -0.383 e. The molecule has 0 spiro atoms. The Labute approximate surface area is 197 Å². The van der Waals surface area contributed by atoms with Crippen LogP contribution < -0.4 is 5.32 Å². The molecule has 0 saturated heterocycles. The van der Waals surface area contributed by atoms with Gasteiger partial charge in [-0.1, -0.05) is 53.3 Å². The van der Waals surface area contributed by atoms with Crippen LogP contribution in [0.25, 0.3) is 0 Å². The van der Waals surface area contributed by atoms with Crippen molar-refractivity contribution < 1.29 is 4.79 Å². The minimum atomic E-state index is 0.0787. The Hall–Kier alpha value is -2.75. The summed E-state index contributed by atoms with van der Waals surface area (Å²) in [6.07, 6.45) is 9.05. The number of hydrogen-bond acceptors (Lipinski definition) is 4. The Kier molecular flexibility index (Phi) is 18.6. The second kappa shape index (κ2) is 19.0. The van der Waals surface area contributed by atoms with Gasteiger partial charge < -0.3 is 5.32 Å². The summed E-state index contributed by atoms with van der Waals surface area (Å²) in [5.41, 5.74) is 5.88. The van der Waals surface area contributed by atoms with Gasteiger partial charge in [0.2, 0.25) is 0 Å². The molecule has 0 radical (unpaired) electrons. The van der Waals surface area contributed by atoms with Gasteiger partial charge in [0.05, 0.1) is 0 Å². The van der Waals surface area contributed by atoms with Crippen LogP contribution in [-0.4, -0.2) is 21.8 Å². The second-order valence-corrected chi connectivity index (χ2v) is 7.45. The highest BCUT2D eigenvalue weighted by Gasteiger charge is 2.03. The molecular formula is C28H45N3O. The molecule has 0 fully saturated rings. The van der Waals surface area contributed by atoms with Crippen LogP contribution >= 0.6 is 0 Å². The summed E-state index contributed by atoms with van der Waals surface area (Å²) < 4.78 is 0. The normalized spacial score (nSPS) is 10.0. The van der Waals surface area contributed by atoms with Crippen LogP contribution in [0.3, 0.4) is 0 Å². The number of aryl methyl sites for hydroxylation is 4. The number of Topliss-reactive ketones (excluding diaryl/α,β-unsaturated/α-hetero) is 1. The van der Waals surface area contributed by atoms with Gasteiger partial charge in [-0.25, -0.2) is 0 Å². The predicted molar refractivity (Wildman–Crippen MR) is 140 cm³/mol. The monoisotopic (exact) mass is 439 g/mol. The van der Waals surface area contributed by atoms with Crippen molar-refractivity contribution in [2.24, 2.45) is 0 Å². The van der Waals surface area contributed by atoms with E-state index in [1.54, 1.807) is 13.0 Å². The molecule has 2 heterocycles. The molecule has 1 atom stereocenters. The lowest BCUT2D eigenvalue weighted by Crippen LogP contribution is -2.26. The Morgan fingerprint density at radius 2 is 1.66 bits per heavy atom. The molecule has 0 aliphatic carbocycles. The number of ketones is 1. The average molecular weight is 440 g/mol. The van der Waals surface area contributed by atoms with E-state index in [1.807, 2.05) is 66.1 Å². The van der Waals surface area contributed by atoms with Gasteiger partial charge in [0.25, 0.3) is 0 Å². The van der Waals surface area contributed by atoms with E-state index in [9.17, 15) is 4.79 Å². The molecular weight excluding hydrogens is 394 g/mol. The molecule has 1 unspecified atom stereocenters. The number of rotatable bonds is 7. The zero-order valence-electron chi connectivity index (χ0n) is 21.9. The van der Waals surface area contributed by atoms with E-state index < -0.39 is 0 Å². The van der Waals surface area contributed by atoms with Crippen LogP contribution in [0.15, 0.2) is 55.5 Å². The standard InChI is InChI=1S/C10H19N.C9H11NO.C7H9N.C2H6/c1-5-8-10(7-3)11-9(4)6-2;1-6-4-5-9(8(3)11)7(2)10-6;1-6-3-7(2)5-8-4-6;1-2/h6,10-11H,2,4-5,7-8H2,1,3H3;4-5H,1-3H3;3-5H,1-2H3;1-2H3. The molecule has 0 amide bonds. The molecule has 2 aromatic rings. The fourth-order valence-electron chi connectivity index (χ4n) is 2.81. The lowest BCUT2D eigenvalue weighted by atomic mass is 10.1. The molecule has 4 heteroatoms. The molecule has 178 valence electrons. The van der Waals surface area contributed by atoms with Crippen molar-refractivity contribution >= 4 is 5.78 Å². The van der Waals surface area contributed by atoms with Crippen molar-refractivity contribution in [3.05, 3.63) is 83.6 Å². The zero-order valence-corrected chi connectivity index (χ0v) is 21.9. The molecule has 0 bridgehead atoms. The molecule has 2 aromatic heterocycles.